The van der Waals surface area contributed by atoms with Gasteiger partial charge in [0, 0.05) is 30.9 Å². The molecule has 7 nitrogen and oxygen atoms in total. The van der Waals surface area contributed by atoms with Crippen molar-refractivity contribution in [1.82, 2.24) is 4.31 Å². The largest absolute Gasteiger partial charge is 0.452 e. The second kappa shape index (κ2) is 10.1. The maximum atomic E-state index is 12.6. The molecule has 0 aliphatic carbocycles. The minimum atomic E-state index is -3.53. The second-order valence-electron chi connectivity index (χ2n) is 7.55. The van der Waals surface area contributed by atoms with Crippen LogP contribution in [0.2, 0.25) is 0 Å². The number of anilines is 1. The monoisotopic (exact) mass is 456 g/mol. The first-order valence-corrected chi connectivity index (χ1v) is 12.1. The molecule has 0 spiro atoms. The van der Waals surface area contributed by atoms with E-state index in [1.165, 1.54) is 28.6 Å². The quantitative estimate of drug-likeness (QED) is 0.450. The fourth-order valence-corrected chi connectivity index (χ4v) is 5.28. The minimum Gasteiger partial charge on any atom is -0.452 e. The van der Waals surface area contributed by atoms with Crippen LogP contribution in [0.1, 0.15) is 31.9 Å². The van der Waals surface area contributed by atoms with E-state index in [0.29, 0.717) is 18.7 Å². The molecule has 1 atom stereocenters. The zero-order valence-corrected chi connectivity index (χ0v) is 19.3. The number of sulfonamides is 1. The van der Waals surface area contributed by atoms with Crippen molar-refractivity contribution < 1.29 is 22.7 Å². The molecule has 0 N–H and O–H groups in total. The summed E-state index contributed by atoms with van der Waals surface area (Å²) in [6.45, 7) is 5.99. The number of para-hydroxylation sites is 1. The third-order valence-corrected chi connectivity index (χ3v) is 7.51. The molecule has 3 rings (SSSR count). The van der Waals surface area contributed by atoms with E-state index >= 15 is 0 Å². The minimum absolute atomic E-state index is 0.0141. The van der Waals surface area contributed by atoms with E-state index < -0.39 is 16.0 Å². The van der Waals surface area contributed by atoms with Gasteiger partial charge >= 0.3 is 5.97 Å². The SMILES string of the molecule is CCN(CC)S(=O)(=O)c1ccc(C=CC(=O)OCC(=O)N2c3ccccc3CC2C)cc1. The number of esters is 1. The number of carbonyl (C=O) groups is 2. The Kier molecular flexibility index (Phi) is 7.48. The average Bonchev–Trinajstić information content (AvgIpc) is 3.12. The zero-order chi connectivity index (χ0) is 23.3. The molecular formula is C24H28N2O5S. The molecule has 0 saturated heterocycles. The lowest BCUT2D eigenvalue weighted by atomic mass is 10.1. The number of benzene rings is 2. The summed E-state index contributed by atoms with van der Waals surface area (Å²) in [5, 5.41) is 0. The van der Waals surface area contributed by atoms with Crippen molar-refractivity contribution in [3.8, 4) is 0 Å². The van der Waals surface area contributed by atoms with Gasteiger partial charge in [-0.05, 0) is 48.7 Å². The highest BCUT2D eigenvalue weighted by Crippen LogP contribution is 2.31. The number of nitrogens with zero attached hydrogens (tertiary/aromatic N) is 2. The number of carbonyl (C=O) groups excluding carboxylic acids is 2. The number of hydrogen-bond donors (Lipinski definition) is 0. The van der Waals surface area contributed by atoms with Gasteiger partial charge in [0.15, 0.2) is 6.61 Å². The molecule has 0 aromatic heterocycles. The molecule has 1 aliphatic rings. The van der Waals surface area contributed by atoms with Crippen LogP contribution in [0.5, 0.6) is 0 Å². The highest BCUT2D eigenvalue weighted by atomic mass is 32.2. The van der Waals surface area contributed by atoms with Gasteiger partial charge in [0.2, 0.25) is 10.0 Å². The number of rotatable bonds is 8. The maximum absolute atomic E-state index is 12.6. The molecule has 0 bridgehead atoms. The Morgan fingerprint density at radius 1 is 1.09 bits per heavy atom. The Bertz CT molecular complexity index is 1110. The highest BCUT2D eigenvalue weighted by Gasteiger charge is 2.30. The van der Waals surface area contributed by atoms with Gasteiger partial charge in [-0.3, -0.25) is 4.79 Å². The number of hydrogen-bond acceptors (Lipinski definition) is 5. The Morgan fingerprint density at radius 2 is 1.75 bits per heavy atom. The predicted molar refractivity (Wildman–Crippen MR) is 124 cm³/mol. The first-order valence-electron chi connectivity index (χ1n) is 10.6. The number of amides is 1. The molecule has 8 heteroatoms. The van der Waals surface area contributed by atoms with Crippen molar-refractivity contribution >= 4 is 33.7 Å². The lowest BCUT2D eigenvalue weighted by Crippen LogP contribution is -2.38. The fourth-order valence-electron chi connectivity index (χ4n) is 3.82. The number of fused-ring (bicyclic) bond motifs is 1. The highest BCUT2D eigenvalue weighted by molar-refractivity contribution is 7.89. The Labute approximate surface area is 189 Å². The first-order chi connectivity index (χ1) is 15.3. The van der Waals surface area contributed by atoms with Crippen molar-refractivity contribution in [2.75, 3.05) is 24.6 Å². The summed E-state index contributed by atoms with van der Waals surface area (Å²) in [5.41, 5.74) is 2.61. The standard InChI is InChI=1S/C24H28N2O5S/c1-4-25(5-2)32(29,30)21-13-10-19(11-14-21)12-15-24(28)31-17-23(27)26-18(3)16-20-8-6-7-9-22(20)26/h6-15,18H,4-5,16-17H2,1-3H3. The van der Waals surface area contributed by atoms with Gasteiger partial charge < -0.3 is 9.64 Å². The molecule has 2 aromatic rings. The lowest BCUT2D eigenvalue weighted by molar-refractivity contribution is -0.143. The number of ether oxygens (including phenoxy) is 1. The van der Waals surface area contributed by atoms with E-state index in [2.05, 4.69) is 0 Å². The first kappa shape index (κ1) is 23.7. The summed E-state index contributed by atoms with van der Waals surface area (Å²) in [6, 6.07) is 14.0. The van der Waals surface area contributed by atoms with Crippen LogP contribution in [0.15, 0.2) is 59.5 Å². The van der Waals surface area contributed by atoms with Gasteiger partial charge in [0.05, 0.1) is 4.90 Å². The summed E-state index contributed by atoms with van der Waals surface area (Å²) in [7, 11) is -3.53. The van der Waals surface area contributed by atoms with Gasteiger partial charge in [-0.2, -0.15) is 4.31 Å². The van der Waals surface area contributed by atoms with Crippen LogP contribution in [0.4, 0.5) is 5.69 Å². The molecule has 32 heavy (non-hydrogen) atoms. The lowest BCUT2D eigenvalue weighted by Gasteiger charge is -2.22. The molecule has 1 unspecified atom stereocenters. The van der Waals surface area contributed by atoms with E-state index in [0.717, 1.165) is 17.7 Å². The van der Waals surface area contributed by atoms with Gasteiger partial charge in [-0.15, -0.1) is 0 Å². The molecule has 1 amide bonds. The van der Waals surface area contributed by atoms with Crippen molar-refractivity contribution in [3.63, 3.8) is 0 Å². The molecule has 2 aromatic carbocycles. The van der Waals surface area contributed by atoms with Gasteiger partial charge in [0.1, 0.15) is 0 Å². The van der Waals surface area contributed by atoms with Crippen LogP contribution in [0.3, 0.4) is 0 Å². The smallest absolute Gasteiger partial charge is 0.331 e. The fraction of sp³-hybridized carbons (Fsp3) is 0.333. The van der Waals surface area contributed by atoms with Crippen molar-refractivity contribution in [2.24, 2.45) is 0 Å². The van der Waals surface area contributed by atoms with E-state index in [4.69, 9.17) is 4.74 Å². The van der Waals surface area contributed by atoms with E-state index in [9.17, 15) is 18.0 Å². The summed E-state index contributed by atoms with van der Waals surface area (Å²) < 4.78 is 31.6. The molecule has 0 saturated carbocycles. The average molecular weight is 457 g/mol. The summed E-state index contributed by atoms with van der Waals surface area (Å²) in [5.74, 6) is -0.909. The van der Waals surface area contributed by atoms with E-state index in [-0.39, 0.29) is 23.5 Å². The normalized spacial score (nSPS) is 15.9. The van der Waals surface area contributed by atoms with Crippen molar-refractivity contribution in [3.05, 3.63) is 65.7 Å². The maximum Gasteiger partial charge on any atom is 0.331 e. The van der Waals surface area contributed by atoms with Crippen LogP contribution >= 0.6 is 0 Å². The van der Waals surface area contributed by atoms with Gasteiger partial charge in [-0.25, -0.2) is 13.2 Å². The van der Waals surface area contributed by atoms with Crippen LogP contribution in [0.25, 0.3) is 6.08 Å². The third kappa shape index (κ3) is 5.08. The summed E-state index contributed by atoms with van der Waals surface area (Å²) in [6.07, 6.45) is 3.52. The topological polar surface area (TPSA) is 84.0 Å². The van der Waals surface area contributed by atoms with E-state index in [1.807, 2.05) is 31.2 Å². The Hall–Kier alpha value is -2.97. The Morgan fingerprint density at radius 3 is 2.41 bits per heavy atom. The molecule has 1 aliphatic heterocycles. The van der Waals surface area contributed by atoms with Gasteiger partial charge in [0.25, 0.3) is 5.91 Å². The third-order valence-electron chi connectivity index (χ3n) is 5.45. The van der Waals surface area contributed by atoms with E-state index in [1.54, 1.807) is 30.9 Å². The predicted octanol–water partition coefficient (Wildman–Crippen LogP) is 3.25. The second-order valence-corrected chi connectivity index (χ2v) is 9.48. The summed E-state index contributed by atoms with van der Waals surface area (Å²) in [4.78, 5) is 26.5. The van der Waals surface area contributed by atoms with Crippen molar-refractivity contribution in [1.29, 1.82) is 0 Å². The van der Waals surface area contributed by atoms with Crippen LogP contribution in [-0.4, -0.2) is 50.3 Å². The summed E-state index contributed by atoms with van der Waals surface area (Å²) >= 11 is 0. The molecule has 1 heterocycles. The molecular weight excluding hydrogens is 428 g/mol. The zero-order valence-electron chi connectivity index (χ0n) is 18.5. The van der Waals surface area contributed by atoms with Gasteiger partial charge in [-0.1, -0.05) is 44.2 Å². The Balaban J connectivity index is 1.57. The molecule has 170 valence electrons. The molecule has 0 radical (unpaired) electrons. The van der Waals surface area contributed by atoms with Crippen LogP contribution in [-0.2, 0) is 30.8 Å². The molecule has 0 fully saturated rings. The van der Waals surface area contributed by atoms with Crippen LogP contribution in [0, 0.1) is 0 Å². The van der Waals surface area contributed by atoms with Crippen LogP contribution < -0.4 is 4.90 Å². The van der Waals surface area contributed by atoms with Crippen molar-refractivity contribution in [2.45, 2.75) is 38.1 Å².